The van der Waals surface area contributed by atoms with E-state index < -0.39 is 17.7 Å². The molecule has 1 unspecified atom stereocenters. The molecule has 1 aromatic heterocycles. The molecule has 0 aliphatic carbocycles. The van der Waals surface area contributed by atoms with Crippen LogP contribution in [0.2, 0.25) is 0 Å². The minimum Gasteiger partial charge on any atom is -0.464 e. The van der Waals surface area contributed by atoms with Gasteiger partial charge in [-0.15, -0.1) is 0 Å². The maximum Gasteiger partial charge on any atom is 0.134 e. The Hall–Kier alpha value is -2.20. The van der Waals surface area contributed by atoms with E-state index in [-0.39, 0.29) is 12.0 Å². The van der Waals surface area contributed by atoms with Crippen molar-refractivity contribution in [3.8, 4) is 0 Å². The first-order valence-electron chi connectivity index (χ1n) is 6.23. The van der Waals surface area contributed by atoms with Crippen LogP contribution >= 0.6 is 0 Å². The molecule has 102 valence electrons. The summed E-state index contributed by atoms with van der Waals surface area (Å²) < 4.78 is 31.8. The monoisotopic (exact) mass is 274 g/mol. The lowest BCUT2D eigenvalue weighted by Gasteiger charge is -2.10. The predicted octanol–water partition coefficient (Wildman–Crippen LogP) is 3.99. The van der Waals surface area contributed by atoms with Gasteiger partial charge in [0.25, 0.3) is 0 Å². The molecular weight excluding hydrogens is 262 g/mol. The molecule has 0 radical (unpaired) electrons. The molecule has 0 bridgehead atoms. The fourth-order valence-electron chi connectivity index (χ4n) is 2.26. The fraction of sp³-hybridized carbons (Fsp3) is 0.125. The zero-order valence-electron chi connectivity index (χ0n) is 10.5. The SMILES string of the molecule is OC(Cc1ccc(F)cc1F)c1coc2ccccc12. The van der Waals surface area contributed by atoms with Gasteiger partial charge in [0.15, 0.2) is 0 Å². The van der Waals surface area contributed by atoms with Gasteiger partial charge in [0.05, 0.1) is 12.4 Å². The average Bonchev–Trinajstić information content (AvgIpc) is 2.86. The van der Waals surface area contributed by atoms with Crippen LogP contribution < -0.4 is 0 Å². The number of aliphatic hydroxyl groups excluding tert-OH is 1. The standard InChI is InChI=1S/C16H12F2O2/c17-11-6-5-10(14(18)8-11)7-15(19)13-9-20-16-4-2-1-3-12(13)16/h1-6,8-9,15,19H,7H2. The van der Waals surface area contributed by atoms with Gasteiger partial charge in [0.1, 0.15) is 17.2 Å². The molecule has 0 saturated heterocycles. The molecular formula is C16H12F2O2. The first kappa shape index (κ1) is 12.8. The van der Waals surface area contributed by atoms with Gasteiger partial charge < -0.3 is 9.52 Å². The molecule has 4 heteroatoms. The van der Waals surface area contributed by atoms with Crippen molar-refractivity contribution in [2.24, 2.45) is 0 Å². The van der Waals surface area contributed by atoms with E-state index in [4.69, 9.17) is 4.42 Å². The Balaban J connectivity index is 1.91. The van der Waals surface area contributed by atoms with Crippen LogP contribution in [0.4, 0.5) is 8.78 Å². The van der Waals surface area contributed by atoms with Crippen molar-refractivity contribution in [3.63, 3.8) is 0 Å². The summed E-state index contributed by atoms with van der Waals surface area (Å²) in [6.07, 6.45) is 0.630. The van der Waals surface area contributed by atoms with E-state index in [0.717, 1.165) is 11.5 Å². The third-order valence-electron chi connectivity index (χ3n) is 3.30. The van der Waals surface area contributed by atoms with Gasteiger partial charge in [-0.1, -0.05) is 24.3 Å². The van der Waals surface area contributed by atoms with Crippen LogP contribution in [0.1, 0.15) is 17.2 Å². The summed E-state index contributed by atoms with van der Waals surface area (Å²) in [7, 11) is 0. The number of furan rings is 1. The van der Waals surface area contributed by atoms with Crippen molar-refractivity contribution in [1.29, 1.82) is 0 Å². The number of hydrogen-bond donors (Lipinski definition) is 1. The maximum atomic E-state index is 13.6. The van der Waals surface area contributed by atoms with E-state index >= 15 is 0 Å². The number of hydrogen-bond acceptors (Lipinski definition) is 2. The highest BCUT2D eigenvalue weighted by Crippen LogP contribution is 2.28. The highest BCUT2D eigenvalue weighted by molar-refractivity contribution is 5.81. The third-order valence-corrected chi connectivity index (χ3v) is 3.30. The molecule has 1 heterocycles. The van der Waals surface area contributed by atoms with Gasteiger partial charge in [-0.3, -0.25) is 0 Å². The quantitative estimate of drug-likeness (QED) is 0.783. The first-order chi connectivity index (χ1) is 9.65. The number of aliphatic hydroxyl groups is 1. The molecule has 3 rings (SSSR count). The lowest BCUT2D eigenvalue weighted by molar-refractivity contribution is 0.177. The number of halogens is 2. The van der Waals surface area contributed by atoms with Crippen molar-refractivity contribution >= 4 is 11.0 Å². The van der Waals surface area contributed by atoms with E-state index in [1.165, 1.54) is 18.4 Å². The van der Waals surface area contributed by atoms with Crippen molar-refractivity contribution < 1.29 is 18.3 Å². The molecule has 20 heavy (non-hydrogen) atoms. The van der Waals surface area contributed by atoms with Crippen LogP contribution in [0.25, 0.3) is 11.0 Å². The molecule has 2 nitrogen and oxygen atoms in total. The Labute approximate surface area is 114 Å². The van der Waals surface area contributed by atoms with Crippen LogP contribution in [-0.4, -0.2) is 5.11 Å². The van der Waals surface area contributed by atoms with Crippen LogP contribution in [0, 0.1) is 11.6 Å². The minimum atomic E-state index is -0.904. The lowest BCUT2D eigenvalue weighted by atomic mass is 10.0. The Morgan fingerprint density at radius 1 is 1.10 bits per heavy atom. The smallest absolute Gasteiger partial charge is 0.134 e. The largest absolute Gasteiger partial charge is 0.464 e. The van der Waals surface area contributed by atoms with Gasteiger partial charge in [-0.25, -0.2) is 8.78 Å². The maximum absolute atomic E-state index is 13.6. The fourth-order valence-corrected chi connectivity index (χ4v) is 2.26. The van der Waals surface area contributed by atoms with E-state index in [1.54, 1.807) is 6.07 Å². The second-order valence-electron chi connectivity index (χ2n) is 4.64. The summed E-state index contributed by atoms with van der Waals surface area (Å²) >= 11 is 0. The summed E-state index contributed by atoms with van der Waals surface area (Å²) in [4.78, 5) is 0. The molecule has 2 aromatic carbocycles. The van der Waals surface area contributed by atoms with E-state index in [0.29, 0.717) is 11.1 Å². The zero-order valence-corrected chi connectivity index (χ0v) is 10.5. The number of benzene rings is 2. The van der Waals surface area contributed by atoms with Crippen LogP contribution in [0.3, 0.4) is 0 Å². The Morgan fingerprint density at radius 2 is 1.90 bits per heavy atom. The van der Waals surface area contributed by atoms with Crippen LogP contribution in [0.15, 0.2) is 53.1 Å². The summed E-state index contributed by atoms with van der Waals surface area (Å²) in [5, 5.41) is 11.0. The van der Waals surface area contributed by atoms with Gasteiger partial charge in [-0.05, 0) is 17.7 Å². The summed E-state index contributed by atoms with van der Waals surface area (Å²) in [5.41, 5.74) is 1.54. The minimum absolute atomic E-state index is 0.0651. The highest BCUT2D eigenvalue weighted by atomic mass is 19.1. The van der Waals surface area contributed by atoms with Crippen LogP contribution in [-0.2, 0) is 6.42 Å². The number of fused-ring (bicyclic) bond motifs is 1. The number of para-hydroxylation sites is 1. The van der Waals surface area contributed by atoms with Gasteiger partial charge in [0, 0.05) is 23.4 Å². The normalized spacial score (nSPS) is 12.8. The second-order valence-corrected chi connectivity index (χ2v) is 4.64. The Kier molecular flexibility index (Phi) is 3.24. The van der Waals surface area contributed by atoms with Crippen molar-refractivity contribution in [3.05, 3.63) is 71.5 Å². The molecule has 0 amide bonds. The van der Waals surface area contributed by atoms with Crippen LogP contribution in [0.5, 0.6) is 0 Å². The van der Waals surface area contributed by atoms with E-state index in [2.05, 4.69) is 0 Å². The molecule has 3 aromatic rings. The molecule has 0 fully saturated rings. The summed E-state index contributed by atoms with van der Waals surface area (Å²) in [6.45, 7) is 0. The number of rotatable bonds is 3. The highest BCUT2D eigenvalue weighted by Gasteiger charge is 2.16. The summed E-state index contributed by atoms with van der Waals surface area (Å²) in [5.74, 6) is -1.29. The van der Waals surface area contributed by atoms with Gasteiger partial charge in [0.2, 0.25) is 0 Å². The van der Waals surface area contributed by atoms with Crippen molar-refractivity contribution in [1.82, 2.24) is 0 Å². The van der Waals surface area contributed by atoms with E-state index in [1.807, 2.05) is 18.2 Å². The van der Waals surface area contributed by atoms with E-state index in [9.17, 15) is 13.9 Å². The molecule has 1 N–H and O–H groups in total. The topological polar surface area (TPSA) is 33.4 Å². The molecule has 1 atom stereocenters. The van der Waals surface area contributed by atoms with Crippen molar-refractivity contribution in [2.45, 2.75) is 12.5 Å². The van der Waals surface area contributed by atoms with Gasteiger partial charge >= 0.3 is 0 Å². The Bertz CT molecular complexity index is 749. The molecule has 0 spiro atoms. The molecule has 0 aliphatic rings. The van der Waals surface area contributed by atoms with Gasteiger partial charge in [-0.2, -0.15) is 0 Å². The summed E-state index contributed by atoms with van der Waals surface area (Å²) in [6, 6.07) is 10.6. The average molecular weight is 274 g/mol. The second kappa shape index (κ2) is 5.06. The zero-order chi connectivity index (χ0) is 14.1. The van der Waals surface area contributed by atoms with Crippen molar-refractivity contribution in [2.75, 3.05) is 0 Å². The third kappa shape index (κ3) is 2.30. The lowest BCUT2D eigenvalue weighted by Crippen LogP contribution is -2.03. The first-order valence-corrected chi connectivity index (χ1v) is 6.23. The molecule has 0 aliphatic heterocycles. The Morgan fingerprint density at radius 3 is 2.70 bits per heavy atom. The molecule has 0 saturated carbocycles. The predicted molar refractivity (Wildman–Crippen MR) is 71.2 cm³/mol.